The summed E-state index contributed by atoms with van der Waals surface area (Å²) in [7, 11) is 0. The summed E-state index contributed by atoms with van der Waals surface area (Å²) in [5.74, 6) is 0.699. The van der Waals surface area contributed by atoms with Gasteiger partial charge in [-0.15, -0.1) is 0 Å². The predicted molar refractivity (Wildman–Crippen MR) is 73.8 cm³/mol. The highest BCUT2D eigenvalue weighted by Gasteiger charge is 2.20. The van der Waals surface area contributed by atoms with E-state index in [1.165, 1.54) is 0 Å². The van der Waals surface area contributed by atoms with Gasteiger partial charge in [-0.3, -0.25) is 4.79 Å². The van der Waals surface area contributed by atoms with Crippen LogP contribution in [0, 0.1) is 0 Å². The van der Waals surface area contributed by atoms with Crippen molar-refractivity contribution in [2.24, 2.45) is 0 Å². The molecule has 0 heterocycles. The molecule has 0 bridgehead atoms. The van der Waals surface area contributed by atoms with Crippen LogP contribution >= 0.6 is 0 Å². The molecule has 0 spiro atoms. The lowest BCUT2D eigenvalue weighted by molar-refractivity contribution is -0.128. The molecule has 1 atom stereocenters. The van der Waals surface area contributed by atoms with E-state index in [9.17, 15) is 4.79 Å². The van der Waals surface area contributed by atoms with E-state index < -0.39 is 6.10 Å². The third-order valence-electron chi connectivity index (χ3n) is 2.52. The van der Waals surface area contributed by atoms with Crippen LogP contribution in [0.25, 0.3) is 0 Å². The van der Waals surface area contributed by atoms with Gasteiger partial charge in [0.2, 0.25) is 0 Å². The van der Waals surface area contributed by atoms with Gasteiger partial charge in [0, 0.05) is 5.54 Å². The zero-order valence-corrected chi connectivity index (χ0v) is 11.9. The molecule has 3 heteroatoms. The van der Waals surface area contributed by atoms with Crippen LogP contribution in [0.15, 0.2) is 24.3 Å². The molecule has 0 fully saturated rings. The number of carbonyl (C=O) groups excluding carboxylic acids is 1. The number of carbonyl (C=O) groups is 1. The molecule has 0 saturated heterocycles. The summed E-state index contributed by atoms with van der Waals surface area (Å²) in [5, 5.41) is 2.91. The molecule has 1 aromatic carbocycles. The molecule has 1 unspecified atom stereocenters. The normalized spacial score (nSPS) is 12.9. The molecule has 0 aromatic heterocycles. The van der Waals surface area contributed by atoms with E-state index in [2.05, 4.69) is 12.2 Å². The summed E-state index contributed by atoms with van der Waals surface area (Å²) in [4.78, 5) is 11.9. The highest BCUT2D eigenvalue weighted by molar-refractivity contribution is 5.81. The molecule has 0 radical (unpaired) electrons. The SMILES string of the molecule is CCc1ccccc1OC(C)C(=O)NC(C)(C)C. The summed E-state index contributed by atoms with van der Waals surface area (Å²) < 4.78 is 5.73. The summed E-state index contributed by atoms with van der Waals surface area (Å²) in [6.45, 7) is 9.71. The Balaban J connectivity index is 2.69. The molecule has 1 amide bonds. The number of para-hydroxylation sites is 1. The second-order valence-electron chi connectivity index (χ2n) is 5.46. The molecular formula is C15H23NO2. The van der Waals surface area contributed by atoms with Gasteiger partial charge in [0.15, 0.2) is 6.10 Å². The smallest absolute Gasteiger partial charge is 0.261 e. The van der Waals surface area contributed by atoms with E-state index in [1.54, 1.807) is 6.92 Å². The summed E-state index contributed by atoms with van der Waals surface area (Å²) in [5.41, 5.74) is 0.881. The van der Waals surface area contributed by atoms with Crippen LogP contribution < -0.4 is 10.1 Å². The third kappa shape index (κ3) is 4.40. The molecule has 0 aliphatic carbocycles. The standard InChI is InChI=1S/C15H23NO2/c1-6-12-9-7-8-10-13(12)18-11(2)14(17)16-15(3,4)5/h7-11H,6H2,1-5H3,(H,16,17). The number of benzene rings is 1. The maximum atomic E-state index is 11.9. The van der Waals surface area contributed by atoms with Crippen LogP contribution in [0.4, 0.5) is 0 Å². The van der Waals surface area contributed by atoms with Crippen molar-refractivity contribution in [3.05, 3.63) is 29.8 Å². The van der Waals surface area contributed by atoms with Gasteiger partial charge in [-0.1, -0.05) is 25.1 Å². The second-order valence-corrected chi connectivity index (χ2v) is 5.46. The number of ether oxygens (including phenoxy) is 1. The number of rotatable bonds is 4. The van der Waals surface area contributed by atoms with Crippen LogP contribution in [0.3, 0.4) is 0 Å². The van der Waals surface area contributed by atoms with Gasteiger partial charge >= 0.3 is 0 Å². The first-order valence-electron chi connectivity index (χ1n) is 6.40. The summed E-state index contributed by atoms with van der Waals surface area (Å²) in [6, 6.07) is 7.82. The summed E-state index contributed by atoms with van der Waals surface area (Å²) in [6.07, 6.45) is 0.404. The molecule has 0 saturated carbocycles. The quantitative estimate of drug-likeness (QED) is 0.891. The zero-order valence-electron chi connectivity index (χ0n) is 11.9. The van der Waals surface area contributed by atoms with Gasteiger partial charge < -0.3 is 10.1 Å². The van der Waals surface area contributed by atoms with Crippen molar-refractivity contribution < 1.29 is 9.53 Å². The van der Waals surface area contributed by atoms with E-state index in [0.29, 0.717) is 0 Å². The molecule has 0 aliphatic rings. The van der Waals surface area contributed by atoms with Crippen LogP contribution in [0.2, 0.25) is 0 Å². The van der Waals surface area contributed by atoms with Crippen molar-refractivity contribution in [1.29, 1.82) is 0 Å². The third-order valence-corrected chi connectivity index (χ3v) is 2.52. The molecule has 18 heavy (non-hydrogen) atoms. The fourth-order valence-electron chi connectivity index (χ4n) is 1.63. The number of hydrogen-bond acceptors (Lipinski definition) is 2. The number of hydrogen-bond donors (Lipinski definition) is 1. The van der Waals surface area contributed by atoms with Crippen molar-refractivity contribution in [2.75, 3.05) is 0 Å². The van der Waals surface area contributed by atoms with E-state index >= 15 is 0 Å². The Bertz CT molecular complexity index is 407. The molecule has 1 rings (SSSR count). The lowest BCUT2D eigenvalue weighted by atomic mass is 10.1. The van der Waals surface area contributed by atoms with Crippen molar-refractivity contribution in [3.8, 4) is 5.75 Å². The first-order chi connectivity index (χ1) is 8.33. The average molecular weight is 249 g/mol. The monoisotopic (exact) mass is 249 g/mol. The minimum atomic E-state index is -0.489. The minimum Gasteiger partial charge on any atom is -0.481 e. The van der Waals surface area contributed by atoms with Crippen molar-refractivity contribution >= 4 is 5.91 Å². The molecule has 3 nitrogen and oxygen atoms in total. The zero-order chi connectivity index (χ0) is 13.8. The van der Waals surface area contributed by atoms with Gasteiger partial charge in [-0.05, 0) is 45.7 Å². The first kappa shape index (κ1) is 14.6. The molecule has 1 aromatic rings. The Kier molecular flexibility index (Phi) is 4.76. The van der Waals surface area contributed by atoms with Crippen LogP contribution in [0.1, 0.15) is 40.2 Å². The van der Waals surface area contributed by atoms with Gasteiger partial charge in [-0.25, -0.2) is 0 Å². The highest BCUT2D eigenvalue weighted by atomic mass is 16.5. The maximum absolute atomic E-state index is 11.9. The van der Waals surface area contributed by atoms with Crippen molar-refractivity contribution in [3.63, 3.8) is 0 Å². The number of nitrogens with one attached hydrogen (secondary N) is 1. The molecular weight excluding hydrogens is 226 g/mol. The lowest BCUT2D eigenvalue weighted by Crippen LogP contribution is -2.46. The topological polar surface area (TPSA) is 38.3 Å². The maximum Gasteiger partial charge on any atom is 0.261 e. The minimum absolute atomic E-state index is 0.0894. The fraction of sp³-hybridized carbons (Fsp3) is 0.533. The Morgan fingerprint density at radius 1 is 1.33 bits per heavy atom. The van der Waals surface area contributed by atoms with Gasteiger partial charge in [0.05, 0.1) is 0 Å². The Morgan fingerprint density at radius 2 is 1.94 bits per heavy atom. The molecule has 1 N–H and O–H groups in total. The van der Waals surface area contributed by atoms with Crippen molar-refractivity contribution in [2.45, 2.75) is 52.7 Å². The number of amides is 1. The molecule has 0 aliphatic heterocycles. The van der Waals surface area contributed by atoms with Crippen LogP contribution in [0.5, 0.6) is 5.75 Å². The average Bonchev–Trinajstić information content (AvgIpc) is 2.27. The van der Waals surface area contributed by atoms with E-state index in [1.807, 2.05) is 45.0 Å². The molecule has 100 valence electrons. The first-order valence-corrected chi connectivity index (χ1v) is 6.40. The van der Waals surface area contributed by atoms with Crippen LogP contribution in [-0.4, -0.2) is 17.6 Å². The predicted octanol–water partition coefficient (Wildman–Crippen LogP) is 2.93. The fourth-order valence-corrected chi connectivity index (χ4v) is 1.63. The Morgan fingerprint density at radius 3 is 2.50 bits per heavy atom. The van der Waals surface area contributed by atoms with Gasteiger partial charge in [0.1, 0.15) is 5.75 Å². The van der Waals surface area contributed by atoms with Gasteiger partial charge in [0.25, 0.3) is 5.91 Å². The number of aryl methyl sites for hydroxylation is 1. The largest absolute Gasteiger partial charge is 0.481 e. The van der Waals surface area contributed by atoms with E-state index in [-0.39, 0.29) is 11.4 Å². The van der Waals surface area contributed by atoms with Gasteiger partial charge in [-0.2, -0.15) is 0 Å². The summed E-state index contributed by atoms with van der Waals surface area (Å²) >= 11 is 0. The Hall–Kier alpha value is -1.51. The van der Waals surface area contributed by atoms with E-state index in [4.69, 9.17) is 4.74 Å². The highest BCUT2D eigenvalue weighted by Crippen LogP contribution is 2.19. The van der Waals surface area contributed by atoms with Crippen LogP contribution in [-0.2, 0) is 11.2 Å². The second kappa shape index (κ2) is 5.89. The Labute approximate surface area is 110 Å². The van der Waals surface area contributed by atoms with Crippen molar-refractivity contribution in [1.82, 2.24) is 5.32 Å². The van der Waals surface area contributed by atoms with E-state index in [0.717, 1.165) is 17.7 Å². The lowest BCUT2D eigenvalue weighted by Gasteiger charge is -2.24.